The molecule has 0 bridgehead atoms. The molecule has 4 rings (SSSR count). The number of hydrogen-bond acceptors (Lipinski definition) is 4. The lowest BCUT2D eigenvalue weighted by molar-refractivity contribution is -0.128. The first-order chi connectivity index (χ1) is 16.8. The molecule has 0 saturated carbocycles. The van der Waals surface area contributed by atoms with Crippen molar-refractivity contribution in [2.75, 3.05) is 13.1 Å². The van der Waals surface area contributed by atoms with Crippen molar-refractivity contribution in [2.45, 2.75) is 50.1 Å². The monoisotopic (exact) mass is 493 g/mol. The molecule has 0 spiro atoms. The van der Waals surface area contributed by atoms with Gasteiger partial charge in [-0.15, -0.1) is 0 Å². The minimum atomic E-state index is -3.65. The molecule has 184 valence electrons. The zero-order valence-electron chi connectivity index (χ0n) is 20.0. The third kappa shape index (κ3) is 5.71. The normalized spacial score (nSPS) is 16.1. The van der Waals surface area contributed by atoms with E-state index in [0.717, 1.165) is 16.5 Å². The van der Waals surface area contributed by atoms with E-state index in [1.54, 1.807) is 12.1 Å². The molecule has 0 aromatic heterocycles. The van der Waals surface area contributed by atoms with Crippen molar-refractivity contribution in [2.24, 2.45) is 0 Å². The fourth-order valence-electron chi connectivity index (χ4n) is 4.62. The van der Waals surface area contributed by atoms with Crippen LogP contribution in [0, 0.1) is 6.92 Å². The number of nitrogens with one attached hydrogen (secondary N) is 2. The molecule has 2 N–H and O–H groups in total. The second-order valence-corrected chi connectivity index (χ2v) is 11.0. The average Bonchev–Trinajstić information content (AvgIpc) is 2.84. The molecule has 1 saturated heterocycles. The molecule has 0 radical (unpaired) electrons. The van der Waals surface area contributed by atoms with Gasteiger partial charge in [-0.3, -0.25) is 9.59 Å². The standard InChI is InChI=1S/C27H31N3O4S/c1-19-8-3-4-10-22(19)18-25(28-20(2)31)27(32)29-23-14-16-30(17-15-23)35(33,34)26-13-7-11-21-9-5-6-12-24(21)26/h3-13,23,25H,14-18H2,1-2H3,(H,28,31)(H,29,32)/t25-/m0/s1. The summed E-state index contributed by atoms with van der Waals surface area (Å²) in [5.41, 5.74) is 2.06. The van der Waals surface area contributed by atoms with E-state index in [1.165, 1.54) is 11.2 Å². The van der Waals surface area contributed by atoms with Gasteiger partial charge in [0.25, 0.3) is 0 Å². The highest BCUT2D eigenvalue weighted by atomic mass is 32.2. The topological polar surface area (TPSA) is 95.6 Å². The number of piperidine rings is 1. The molecule has 35 heavy (non-hydrogen) atoms. The minimum absolute atomic E-state index is 0.158. The molecule has 1 fully saturated rings. The fourth-order valence-corrected chi connectivity index (χ4v) is 6.30. The van der Waals surface area contributed by atoms with Crippen molar-refractivity contribution in [3.63, 3.8) is 0 Å². The summed E-state index contributed by atoms with van der Waals surface area (Å²) in [6.07, 6.45) is 1.41. The number of benzene rings is 3. The molecular formula is C27H31N3O4S. The number of fused-ring (bicyclic) bond motifs is 1. The Balaban J connectivity index is 1.41. The van der Waals surface area contributed by atoms with Gasteiger partial charge < -0.3 is 10.6 Å². The predicted octanol–water partition coefficient (Wildman–Crippen LogP) is 3.16. The number of rotatable bonds is 7. The number of aryl methyl sites for hydroxylation is 1. The molecule has 3 aromatic rings. The molecule has 1 aliphatic heterocycles. The van der Waals surface area contributed by atoms with Crippen LogP contribution in [0.3, 0.4) is 0 Å². The second kappa shape index (κ2) is 10.6. The first-order valence-electron chi connectivity index (χ1n) is 11.9. The third-order valence-corrected chi connectivity index (χ3v) is 8.50. The van der Waals surface area contributed by atoms with E-state index in [9.17, 15) is 18.0 Å². The van der Waals surface area contributed by atoms with Crippen LogP contribution in [0.2, 0.25) is 0 Å². The van der Waals surface area contributed by atoms with Gasteiger partial charge in [0, 0.05) is 37.9 Å². The summed E-state index contributed by atoms with van der Waals surface area (Å²) >= 11 is 0. The van der Waals surface area contributed by atoms with Crippen LogP contribution >= 0.6 is 0 Å². The maximum Gasteiger partial charge on any atom is 0.243 e. The maximum absolute atomic E-state index is 13.4. The molecule has 7 nitrogen and oxygen atoms in total. The Bertz CT molecular complexity index is 1330. The van der Waals surface area contributed by atoms with Gasteiger partial charge in [-0.25, -0.2) is 8.42 Å². The lowest BCUT2D eigenvalue weighted by Crippen LogP contribution is -2.53. The van der Waals surface area contributed by atoms with Crippen LogP contribution in [0.15, 0.2) is 71.6 Å². The van der Waals surface area contributed by atoms with Crippen molar-refractivity contribution in [1.29, 1.82) is 0 Å². The molecule has 2 amide bonds. The Hall–Kier alpha value is -3.23. The molecule has 0 unspecified atom stereocenters. The van der Waals surface area contributed by atoms with Gasteiger partial charge >= 0.3 is 0 Å². The van der Waals surface area contributed by atoms with Crippen LogP contribution in [-0.4, -0.2) is 49.7 Å². The van der Waals surface area contributed by atoms with Gasteiger partial charge in [-0.1, -0.05) is 60.7 Å². The van der Waals surface area contributed by atoms with Gasteiger partial charge in [0.1, 0.15) is 6.04 Å². The van der Waals surface area contributed by atoms with E-state index in [4.69, 9.17) is 0 Å². The van der Waals surface area contributed by atoms with E-state index in [1.807, 2.05) is 61.5 Å². The molecular weight excluding hydrogens is 462 g/mol. The molecule has 0 aliphatic carbocycles. The molecule has 1 heterocycles. The number of hydrogen-bond donors (Lipinski definition) is 2. The fraction of sp³-hybridized carbons (Fsp3) is 0.333. The van der Waals surface area contributed by atoms with Crippen molar-refractivity contribution < 1.29 is 18.0 Å². The largest absolute Gasteiger partial charge is 0.351 e. The highest BCUT2D eigenvalue weighted by Crippen LogP contribution is 2.27. The zero-order chi connectivity index (χ0) is 25.0. The van der Waals surface area contributed by atoms with Crippen molar-refractivity contribution in [1.82, 2.24) is 14.9 Å². The summed E-state index contributed by atoms with van der Waals surface area (Å²) in [6, 6.07) is 19.7. The van der Waals surface area contributed by atoms with E-state index in [0.29, 0.717) is 42.6 Å². The smallest absolute Gasteiger partial charge is 0.243 e. The zero-order valence-corrected chi connectivity index (χ0v) is 20.8. The average molecular weight is 494 g/mol. The van der Waals surface area contributed by atoms with Gasteiger partial charge in [0.2, 0.25) is 21.8 Å². The Kier molecular flexibility index (Phi) is 7.52. The minimum Gasteiger partial charge on any atom is -0.351 e. The van der Waals surface area contributed by atoms with Crippen LogP contribution in [0.25, 0.3) is 10.8 Å². The number of nitrogens with zero attached hydrogens (tertiary/aromatic N) is 1. The SMILES string of the molecule is CC(=O)N[C@@H](Cc1ccccc1C)C(=O)NC1CCN(S(=O)(=O)c2cccc3ccccc23)CC1. The third-order valence-electron chi connectivity index (χ3n) is 6.55. The number of carbonyl (C=O) groups excluding carboxylic acids is 2. The lowest BCUT2D eigenvalue weighted by Gasteiger charge is -2.32. The summed E-state index contributed by atoms with van der Waals surface area (Å²) in [4.78, 5) is 25.1. The quantitative estimate of drug-likeness (QED) is 0.529. The molecule has 1 atom stereocenters. The summed E-state index contributed by atoms with van der Waals surface area (Å²) < 4.78 is 28.3. The van der Waals surface area contributed by atoms with E-state index in [2.05, 4.69) is 10.6 Å². The van der Waals surface area contributed by atoms with Gasteiger partial charge in [0.05, 0.1) is 4.90 Å². The highest BCUT2D eigenvalue weighted by Gasteiger charge is 2.32. The Morgan fingerprint density at radius 2 is 1.63 bits per heavy atom. The van der Waals surface area contributed by atoms with Crippen LogP contribution in [0.1, 0.15) is 30.9 Å². The Morgan fingerprint density at radius 3 is 2.34 bits per heavy atom. The van der Waals surface area contributed by atoms with Crippen LogP contribution in [0.4, 0.5) is 0 Å². The van der Waals surface area contributed by atoms with Crippen LogP contribution < -0.4 is 10.6 Å². The first-order valence-corrected chi connectivity index (χ1v) is 13.3. The van der Waals surface area contributed by atoms with Crippen molar-refractivity contribution >= 4 is 32.6 Å². The molecule has 3 aromatic carbocycles. The maximum atomic E-state index is 13.4. The Morgan fingerprint density at radius 1 is 0.971 bits per heavy atom. The second-order valence-electron chi connectivity index (χ2n) is 9.05. The lowest BCUT2D eigenvalue weighted by atomic mass is 9.99. The molecule has 1 aliphatic rings. The Labute approximate surface area is 206 Å². The van der Waals surface area contributed by atoms with Crippen molar-refractivity contribution in [3.05, 3.63) is 77.9 Å². The van der Waals surface area contributed by atoms with Gasteiger partial charge in [-0.2, -0.15) is 4.31 Å². The number of sulfonamides is 1. The summed E-state index contributed by atoms with van der Waals surface area (Å²) in [7, 11) is -3.65. The number of carbonyl (C=O) groups is 2. The predicted molar refractivity (Wildman–Crippen MR) is 136 cm³/mol. The van der Waals surface area contributed by atoms with Gasteiger partial charge in [0.15, 0.2) is 0 Å². The van der Waals surface area contributed by atoms with E-state index < -0.39 is 16.1 Å². The molecule has 8 heteroatoms. The number of amides is 2. The highest BCUT2D eigenvalue weighted by molar-refractivity contribution is 7.89. The first kappa shape index (κ1) is 24.9. The summed E-state index contributed by atoms with van der Waals surface area (Å²) in [6.45, 7) is 4.01. The summed E-state index contributed by atoms with van der Waals surface area (Å²) in [5.74, 6) is -0.520. The van der Waals surface area contributed by atoms with E-state index >= 15 is 0 Å². The van der Waals surface area contributed by atoms with Gasteiger partial charge in [-0.05, 0) is 42.3 Å². The van der Waals surface area contributed by atoms with E-state index in [-0.39, 0.29) is 17.9 Å². The van der Waals surface area contributed by atoms with Crippen LogP contribution in [-0.2, 0) is 26.0 Å². The summed E-state index contributed by atoms with van der Waals surface area (Å²) in [5, 5.41) is 7.38. The van der Waals surface area contributed by atoms with Crippen molar-refractivity contribution in [3.8, 4) is 0 Å². The van der Waals surface area contributed by atoms with Crippen LogP contribution in [0.5, 0.6) is 0 Å².